The summed E-state index contributed by atoms with van der Waals surface area (Å²) in [4.78, 5) is 34.1. The highest BCUT2D eigenvalue weighted by Gasteiger charge is 2.09. The molecule has 1 aromatic carbocycles. The molecule has 0 atom stereocenters. The second-order valence-corrected chi connectivity index (χ2v) is 6.10. The van der Waals surface area contributed by atoms with E-state index in [1.165, 1.54) is 12.3 Å². The van der Waals surface area contributed by atoms with Crippen molar-refractivity contribution in [1.82, 2.24) is 5.43 Å². The molecular weight excluding hydrogens is 344 g/mol. The van der Waals surface area contributed by atoms with Crippen molar-refractivity contribution in [3.8, 4) is 0 Å². The maximum Gasteiger partial charge on any atom is 0.324 e. The first kappa shape index (κ1) is 18.3. The van der Waals surface area contributed by atoms with E-state index in [2.05, 4.69) is 15.8 Å². The van der Waals surface area contributed by atoms with E-state index in [0.29, 0.717) is 22.5 Å². The van der Waals surface area contributed by atoms with Crippen molar-refractivity contribution in [3.05, 3.63) is 57.0 Å². The Balaban J connectivity index is 1.90. The Morgan fingerprint density at radius 2 is 1.96 bits per heavy atom. The number of hydrogen-bond donors (Lipinski definition) is 2. The smallest absolute Gasteiger partial charge is 0.324 e. The third-order valence-electron chi connectivity index (χ3n) is 3.06. The van der Waals surface area contributed by atoms with Crippen LogP contribution in [0.15, 0.2) is 41.5 Å². The first-order valence-corrected chi connectivity index (χ1v) is 8.28. The molecule has 25 heavy (non-hydrogen) atoms. The minimum absolute atomic E-state index is 0.00786. The fraction of sp³-hybridized carbons (Fsp3) is 0.188. The molecule has 0 aliphatic rings. The molecule has 0 aliphatic heterocycles. The Bertz CT molecular complexity index is 799. The molecule has 0 bridgehead atoms. The van der Waals surface area contributed by atoms with Crippen molar-refractivity contribution in [2.45, 2.75) is 19.8 Å². The number of amides is 2. The molecule has 2 N–H and O–H groups in total. The van der Waals surface area contributed by atoms with Crippen molar-refractivity contribution in [3.63, 3.8) is 0 Å². The molecule has 1 heterocycles. The van der Waals surface area contributed by atoms with E-state index in [1.54, 1.807) is 30.3 Å². The van der Waals surface area contributed by atoms with Gasteiger partial charge in [0, 0.05) is 23.7 Å². The molecule has 0 saturated carbocycles. The van der Waals surface area contributed by atoms with Crippen LogP contribution in [0.4, 0.5) is 10.7 Å². The third-order valence-corrected chi connectivity index (χ3v) is 4.03. The van der Waals surface area contributed by atoms with E-state index in [1.807, 2.05) is 6.92 Å². The van der Waals surface area contributed by atoms with Crippen molar-refractivity contribution < 1.29 is 14.5 Å². The van der Waals surface area contributed by atoms with Crippen LogP contribution in [0.2, 0.25) is 0 Å². The van der Waals surface area contributed by atoms with Gasteiger partial charge < -0.3 is 5.32 Å². The van der Waals surface area contributed by atoms with Crippen molar-refractivity contribution in [2.75, 3.05) is 5.32 Å². The number of carbonyl (C=O) groups is 2. The molecule has 0 spiro atoms. The SMILES string of the molecule is CCCC(=O)Nc1ccc(C(=O)NN=Cc2ccc([N+](=O)[O-])s2)cc1. The predicted octanol–water partition coefficient (Wildman–Crippen LogP) is 3.16. The summed E-state index contributed by atoms with van der Waals surface area (Å²) in [6.45, 7) is 1.92. The van der Waals surface area contributed by atoms with Gasteiger partial charge in [-0.15, -0.1) is 0 Å². The molecule has 0 saturated heterocycles. The van der Waals surface area contributed by atoms with Crippen LogP contribution in [0, 0.1) is 10.1 Å². The molecule has 0 unspecified atom stereocenters. The summed E-state index contributed by atoms with van der Waals surface area (Å²) in [6, 6.07) is 9.33. The average Bonchev–Trinajstić information content (AvgIpc) is 3.05. The third kappa shape index (κ3) is 5.50. The van der Waals surface area contributed by atoms with Gasteiger partial charge in [0.2, 0.25) is 5.91 Å². The summed E-state index contributed by atoms with van der Waals surface area (Å²) in [7, 11) is 0. The standard InChI is InChI=1S/C16H16N4O4S/c1-2-3-14(21)18-12-6-4-11(5-7-12)16(22)19-17-10-13-8-9-15(25-13)20(23)24/h4-10H,2-3H2,1H3,(H,18,21)(H,19,22). The van der Waals surface area contributed by atoms with Gasteiger partial charge in [0.15, 0.2) is 0 Å². The molecular formula is C16H16N4O4S. The summed E-state index contributed by atoms with van der Waals surface area (Å²) in [5.74, 6) is -0.497. The van der Waals surface area contributed by atoms with Crippen LogP contribution < -0.4 is 10.7 Å². The monoisotopic (exact) mass is 360 g/mol. The zero-order chi connectivity index (χ0) is 18.2. The highest BCUT2D eigenvalue weighted by molar-refractivity contribution is 7.16. The Hall–Kier alpha value is -3.07. The largest absolute Gasteiger partial charge is 0.326 e. The summed E-state index contributed by atoms with van der Waals surface area (Å²) >= 11 is 0.960. The normalized spacial score (nSPS) is 10.6. The zero-order valence-corrected chi connectivity index (χ0v) is 14.2. The molecule has 0 radical (unpaired) electrons. The zero-order valence-electron chi connectivity index (χ0n) is 13.4. The summed E-state index contributed by atoms with van der Waals surface area (Å²) in [6.07, 6.45) is 2.55. The second kappa shape index (κ2) is 8.69. The lowest BCUT2D eigenvalue weighted by Crippen LogP contribution is -2.17. The quantitative estimate of drug-likeness (QED) is 0.448. The van der Waals surface area contributed by atoms with Gasteiger partial charge in [-0.3, -0.25) is 19.7 Å². The number of hydrazone groups is 1. The Morgan fingerprint density at radius 1 is 1.24 bits per heavy atom. The molecule has 2 aromatic rings. The number of nitrogens with zero attached hydrogens (tertiary/aromatic N) is 2. The van der Waals surface area contributed by atoms with Crippen LogP contribution in [-0.4, -0.2) is 23.0 Å². The van der Waals surface area contributed by atoms with E-state index in [-0.39, 0.29) is 10.9 Å². The maximum atomic E-state index is 12.0. The lowest BCUT2D eigenvalue weighted by atomic mass is 10.2. The number of benzene rings is 1. The Morgan fingerprint density at radius 3 is 2.56 bits per heavy atom. The maximum absolute atomic E-state index is 12.0. The summed E-state index contributed by atoms with van der Waals surface area (Å²) < 4.78 is 0. The van der Waals surface area contributed by atoms with Crippen molar-refractivity contribution in [2.24, 2.45) is 5.10 Å². The van der Waals surface area contributed by atoms with Gasteiger partial charge in [-0.2, -0.15) is 5.10 Å². The van der Waals surface area contributed by atoms with Gasteiger partial charge in [0.25, 0.3) is 5.91 Å². The Labute approximate surface area is 147 Å². The molecule has 8 nitrogen and oxygen atoms in total. The number of carbonyl (C=O) groups excluding carboxylic acids is 2. The molecule has 2 rings (SSSR count). The molecule has 1 aromatic heterocycles. The lowest BCUT2D eigenvalue weighted by Gasteiger charge is -2.05. The van der Waals surface area contributed by atoms with Gasteiger partial charge in [0.05, 0.1) is 16.0 Å². The topological polar surface area (TPSA) is 114 Å². The van der Waals surface area contributed by atoms with Crippen LogP contribution >= 0.6 is 11.3 Å². The number of nitro groups is 1. The number of thiophene rings is 1. The molecule has 130 valence electrons. The van der Waals surface area contributed by atoms with Crippen LogP contribution in [0.1, 0.15) is 35.0 Å². The van der Waals surface area contributed by atoms with Gasteiger partial charge in [-0.1, -0.05) is 18.3 Å². The summed E-state index contributed by atoms with van der Waals surface area (Å²) in [5, 5.41) is 17.1. The molecule has 0 aliphatic carbocycles. The van der Waals surface area contributed by atoms with Gasteiger partial charge in [-0.05, 0) is 36.8 Å². The fourth-order valence-corrected chi connectivity index (χ4v) is 2.58. The van der Waals surface area contributed by atoms with Crippen LogP contribution in [-0.2, 0) is 4.79 Å². The lowest BCUT2D eigenvalue weighted by molar-refractivity contribution is -0.380. The van der Waals surface area contributed by atoms with Crippen molar-refractivity contribution >= 4 is 40.1 Å². The predicted molar refractivity (Wildman–Crippen MR) is 96.0 cm³/mol. The van der Waals surface area contributed by atoms with Crippen LogP contribution in [0.5, 0.6) is 0 Å². The number of nitrogens with one attached hydrogen (secondary N) is 2. The van der Waals surface area contributed by atoms with Gasteiger partial charge in [-0.25, -0.2) is 5.43 Å². The fourth-order valence-electron chi connectivity index (χ4n) is 1.88. The number of hydrogen-bond acceptors (Lipinski definition) is 6. The molecule has 2 amide bonds. The van der Waals surface area contributed by atoms with Gasteiger partial charge in [0.1, 0.15) is 0 Å². The average molecular weight is 360 g/mol. The molecule has 9 heteroatoms. The van der Waals surface area contributed by atoms with E-state index in [4.69, 9.17) is 0 Å². The molecule has 0 fully saturated rings. The second-order valence-electron chi connectivity index (χ2n) is 5.01. The first-order chi connectivity index (χ1) is 12.0. The van der Waals surface area contributed by atoms with E-state index < -0.39 is 10.8 Å². The highest BCUT2D eigenvalue weighted by atomic mass is 32.1. The van der Waals surface area contributed by atoms with Crippen molar-refractivity contribution in [1.29, 1.82) is 0 Å². The van der Waals surface area contributed by atoms with Crippen LogP contribution in [0.3, 0.4) is 0 Å². The van der Waals surface area contributed by atoms with E-state index in [0.717, 1.165) is 17.8 Å². The van der Waals surface area contributed by atoms with Crippen LogP contribution in [0.25, 0.3) is 0 Å². The number of rotatable bonds is 7. The van der Waals surface area contributed by atoms with E-state index in [9.17, 15) is 19.7 Å². The van der Waals surface area contributed by atoms with E-state index >= 15 is 0 Å². The summed E-state index contributed by atoms with van der Waals surface area (Å²) in [5.41, 5.74) is 3.34. The highest BCUT2D eigenvalue weighted by Crippen LogP contribution is 2.22. The van der Waals surface area contributed by atoms with Gasteiger partial charge >= 0.3 is 5.00 Å². The first-order valence-electron chi connectivity index (χ1n) is 7.47. The number of anilines is 1. The minimum atomic E-state index is -0.485. The minimum Gasteiger partial charge on any atom is -0.326 e. The Kier molecular flexibility index (Phi) is 6.35.